The summed E-state index contributed by atoms with van der Waals surface area (Å²) in [6, 6.07) is 14.0. The first kappa shape index (κ1) is 20.7. The van der Waals surface area contributed by atoms with E-state index in [9.17, 15) is 9.59 Å². The third-order valence-corrected chi connectivity index (χ3v) is 4.28. The lowest BCUT2D eigenvalue weighted by Crippen LogP contribution is -2.16. The van der Waals surface area contributed by atoms with Crippen molar-refractivity contribution in [2.24, 2.45) is 5.92 Å². The van der Waals surface area contributed by atoms with Gasteiger partial charge in [0.1, 0.15) is 5.75 Å². The Kier molecular flexibility index (Phi) is 7.59. The monoisotopic (exact) mass is 368 g/mol. The highest BCUT2D eigenvalue weighted by Crippen LogP contribution is 2.20. The van der Waals surface area contributed by atoms with Crippen LogP contribution in [0.25, 0.3) is 0 Å². The molecule has 0 saturated heterocycles. The van der Waals surface area contributed by atoms with Gasteiger partial charge in [-0.25, -0.2) is 9.59 Å². The fourth-order valence-corrected chi connectivity index (χ4v) is 2.66. The third-order valence-electron chi connectivity index (χ3n) is 4.28. The van der Waals surface area contributed by atoms with Crippen LogP contribution in [-0.4, -0.2) is 18.5 Å². The molecule has 0 fully saturated rings. The van der Waals surface area contributed by atoms with Gasteiger partial charge in [0, 0.05) is 0 Å². The van der Waals surface area contributed by atoms with E-state index in [1.165, 1.54) is 5.56 Å². The molecule has 0 unspecified atom stereocenters. The van der Waals surface area contributed by atoms with Gasteiger partial charge in [0.05, 0.1) is 17.7 Å². The van der Waals surface area contributed by atoms with E-state index in [1.807, 2.05) is 12.1 Å². The minimum atomic E-state index is -0.568. The minimum absolute atomic E-state index is 0.208. The molecule has 0 aromatic heterocycles. The number of benzene rings is 2. The van der Waals surface area contributed by atoms with Crippen molar-refractivity contribution >= 4 is 11.9 Å². The number of hydrogen-bond donors (Lipinski definition) is 0. The second kappa shape index (κ2) is 9.91. The smallest absolute Gasteiger partial charge is 0.344 e. The summed E-state index contributed by atoms with van der Waals surface area (Å²) in [4.78, 5) is 24.9. The van der Waals surface area contributed by atoms with Crippen molar-refractivity contribution in [2.75, 3.05) is 6.61 Å². The molecule has 0 saturated carbocycles. The zero-order valence-corrected chi connectivity index (χ0v) is 16.5. The van der Waals surface area contributed by atoms with Gasteiger partial charge in [-0.15, -0.1) is 0 Å². The Morgan fingerprint density at radius 2 is 1.44 bits per heavy atom. The van der Waals surface area contributed by atoms with Crippen molar-refractivity contribution in [3.8, 4) is 5.75 Å². The topological polar surface area (TPSA) is 52.6 Å². The van der Waals surface area contributed by atoms with Crippen LogP contribution >= 0.6 is 0 Å². The summed E-state index contributed by atoms with van der Waals surface area (Å²) >= 11 is 0. The zero-order chi connectivity index (χ0) is 19.8. The van der Waals surface area contributed by atoms with E-state index >= 15 is 0 Å². The van der Waals surface area contributed by atoms with Crippen LogP contribution in [0.5, 0.6) is 5.75 Å². The third kappa shape index (κ3) is 6.24. The van der Waals surface area contributed by atoms with Crippen LogP contribution < -0.4 is 4.74 Å². The van der Waals surface area contributed by atoms with Crippen LogP contribution in [0.3, 0.4) is 0 Å². The molecule has 4 nitrogen and oxygen atoms in total. The van der Waals surface area contributed by atoms with Gasteiger partial charge in [0.2, 0.25) is 0 Å². The maximum Gasteiger partial charge on any atom is 0.344 e. The summed E-state index contributed by atoms with van der Waals surface area (Å²) in [5, 5.41) is 0. The van der Waals surface area contributed by atoms with Crippen molar-refractivity contribution in [1.29, 1.82) is 0 Å². The summed E-state index contributed by atoms with van der Waals surface area (Å²) < 4.78 is 10.8. The van der Waals surface area contributed by atoms with E-state index in [1.54, 1.807) is 36.4 Å². The van der Waals surface area contributed by atoms with E-state index in [-0.39, 0.29) is 11.1 Å². The molecule has 144 valence electrons. The number of carbonyl (C=O) groups excluding carboxylic acids is 2. The summed E-state index contributed by atoms with van der Waals surface area (Å²) in [5.41, 5.74) is 1.60. The summed E-state index contributed by atoms with van der Waals surface area (Å²) in [7, 11) is 0. The number of esters is 2. The van der Waals surface area contributed by atoms with Crippen LogP contribution in [-0.2, 0) is 4.74 Å². The van der Waals surface area contributed by atoms with Crippen LogP contribution in [0.2, 0.25) is 0 Å². The molecule has 0 N–H and O–H groups in total. The van der Waals surface area contributed by atoms with Crippen LogP contribution in [0.4, 0.5) is 0 Å². The Morgan fingerprint density at radius 3 is 2.00 bits per heavy atom. The summed E-state index contributed by atoms with van der Waals surface area (Å²) in [6.45, 7) is 8.80. The molecular formula is C23H28O4. The molecule has 0 amide bonds. The van der Waals surface area contributed by atoms with Gasteiger partial charge in [0.15, 0.2) is 0 Å². The van der Waals surface area contributed by atoms with Crippen molar-refractivity contribution in [2.45, 2.75) is 46.5 Å². The van der Waals surface area contributed by atoms with E-state index in [2.05, 4.69) is 27.7 Å². The van der Waals surface area contributed by atoms with Gasteiger partial charge in [-0.2, -0.15) is 0 Å². The average molecular weight is 368 g/mol. The van der Waals surface area contributed by atoms with Gasteiger partial charge in [-0.1, -0.05) is 52.0 Å². The highest BCUT2D eigenvalue weighted by molar-refractivity contribution is 6.03. The van der Waals surface area contributed by atoms with Crippen molar-refractivity contribution < 1.29 is 19.1 Å². The Bertz CT molecular complexity index is 760. The van der Waals surface area contributed by atoms with Crippen molar-refractivity contribution in [3.63, 3.8) is 0 Å². The lowest BCUT2D eigenvalue weighted by atomic mass is 10.0. The van der Waals surface area contributed by atoms with E-state index in [4.69, 9.17) is 9.47 Å². The normalized spacial score (nSPS) is 10.9. The maximum atomic E-state index is 12.5. The Labute approximate surface area is 161 Å². The number of ether oxygens (including phenoxy) is 2. The SMILES string of the molecule is CC(C)CCCOC(=O)c1ccccc1C(=O)Oc1ccc(C(C)C)cc1. The molecule has 2 aromatic rings. The first-order valence-corrected chi connectivity index (χ1v) is 9.46. The second-order valence-corrected chi connectivity index (χ2v) is 7.33. The molecule has 4 heteroatoms. The van der Waals surface area contributed by atoms with E-state index in [0.29, 0.717) is 24.2 Å². The second-order valence-electron chi connectivity index (χ2n) is 7.33. The first-order valence-electron chi connectivity index (χ1n) is 9.46. The Balaban J connectivity index is 2.05. The standard InChI is InChI=1S/C23H28O4/c1-16(2)8-7-15-26-22(24)20-9-5-6-10-21(20)23(25)27-19-13-11-18(12-14-19)17(3)4/h5-6,9-14,16-17H,7-8,15H2,1-4H3. The predicted molar refractivity (Wildman–Crippen MR) is 106 cm³/mol. The molecule has 0 spiro atoms. The highest BCUT2D eigenvalue weighted by Gasteiger charge is 2.19. The largest absolute Gasteiger partial charge is 0.462 e. The Hall–Kier alpha value is -2.62. The number of rotatable bonds is 8. The van der Waals surface area contributed by atoms with Crippen molar-refractivity contribution in [1.82, 2.24) is 0 Å². The Morgan fingerprint density at radius 1 is 0.852 bits per heavy atom. The minimum Gasteiger partial charge on any atom is -0.462 e. The maximum absolute atomic E-state index is 12.5. The fraction of sp³-hybridized carbons (Fsp3) is 0.391. The van der Waals surface area contributed by atoms with Gasteiger partial charge >= 0.3 is 11.9 Å². The zero-order valence-electron chi connectivity index (χ0n) is 16.5. The molecule has 0 aliphatic rings. The number of carbonyl (C=O) groups is 2. The molecule has 0 atom stereocenters. The van der Waals surface area contributed by atoms with E-state index < -0.39 is 11.9 Å². The summed E-state index contributed by atoms with van der Waals surface area (Å²) in [5.74, 6) is 0.349. The summed E-state index contributed by atoms with van der Waals surface area (Å²) in [6.07, 6.45) is 1.79. The van der Waals surface area contributed by atoms with E-state index in [0.717, 1.165) is 12.8 Å². The highest BCUT2D eigenvalue weighted by atomic mass is 16.5. The van der Waals surface area contributed by atoms with Crippen LogP contribution in [0.15, 0.2) is 48.5 Å². The average Bonchev–Trinajstić information content (AvgIpc) is 2.65. The molecule has 0 heterocycles. The number of hydrogen-bond acceptors (Lipinski definition) is 4. The predicted octanol–water partition coefficient (Wildman–Crippen LogP) is 5.62. The molecular weight excluding hydrogens is 340 g/mol. The molecule has 0 radical (unpaired) electrons. The molecule has 0 bridgehead atoms. The van der Waals surface area contributed by atoms with Gasteiger partial charge < -0.3 is 9.47 Å². The quantitative estimate of drug-likeness (QED) is 0.345. The van der Waals surface area contributed by atoms with Crippen LogP contribution in [0, 0.1) is 5.92 Å². The molecule has 2 rings (SSSR count). The first-order chi connectivity index (χ1) is 12.9. The van der Waals surface area contributed by atoms with Crippen LogP contribution in [0.1, 0.15) is 72.7 Å². The van der Waals surface area contributed by atoms with Gasteiger partial charge in [-0.3, -0.25) is 0 Å². The lowest BCUT2D eigenvalue weighted by molar-refractivity contribution is 0.0486. The van der Waals surface area contributed by atoms with Gasteiger partial charge in [0.25, 0.3) is 0 Å². The molecule has 2 aromatic carbocycles. The van der Waals surface area contributed by atoms with Crippen molar-refractivity contribution in [3.05, 3.63) is 65.2 Å². The van der Waals surface area contributed by atoms with Gasteiger partial charge in [-0.05, 0) is 54.5 Å². The molecule has 0 aliphatic carbocycles. The molecule has 0 aliphatic heterocycles. The lowest BCUT2D eigenvalue weighted by Gasteiger charge is -2.11. The fourth-order valence-electron chi connectivity index (χ4n) is 2.66. The molecule has 27 heavy (non-hydrogen) atoms.